The molecule has 0 radical (unpaired) electrons. The van der Waals surface area contributed by atoms with Crippen LogP contribution in [0.3, 0.4) is 0 Å². The quantitative estimate of drug-likeness (QED) is 0.510. The van der Waals surface area contributed by atoms with Crippen LogP contribution in [0.1, 0.15) is 27.9 Å². The summed E-state index contributed by atoms with van der Waals surface area (Å²) in [5.74, 6) is -0.329. The van der Waals surface area contributed by atoms with Crippen molar-refractivity contribution in [3.8, 4) is 10.6 Å². The van der Waals surface area contributed by atoms with E-state index in [0.717, 1.165) is 22.4 Å². The number of amides is 1. The van der Waals surface area contributed by atoms with Crippen LogP contribution in [-0.2, 0) is 9.84 Å². The Hall–Kier alpha value is -2.84. The van der Waals surface area contributed by atoms with Gasteiger partial charge in [0.1, 0.15) is 9.88 Å². The summed E-state index contributed by atoms with van der Waals surface area (Å²) in [5, 5.41) is 4.91. The van der Waals surface area contributed by atoms with Crippen molar-refractivity contribution < 1.29 is 13.2 Å². The third-order valence-corrected chi connectivity index (χ3v) is 6.38. The molecule has 0 atom stereocenters. The van der Waals surface area contributed by atoms with Gasteiger partial charge in [-0.25, -0.2) is 18.8 Å². The summed E-state index contributed by atoms with van der Waals surface area (Å²) in [6, 6.07) is 16.0. The molecule has 0 fully saturated rings. The molecule has 0 bridgehead atoms. The zero-order chi connectivity index (χ0) is 20.3. The maximum atomic E-state index is 12.5. The van der Waals surface area contributed by atoms with Gasteiger partial charge >= 0.3 is 0 Å². The van der Waals surface area contributed by atoms with E-state index in [9.17, 15) is 13.2 Å². The maximum Gasteiger partial charge on any atom is 0.283 e. The second-order valence-corrected chi connectivity index (χ2v) is 9.25. The molecule has 0 aliphatic heterocycles. The van der Waals surface area contributed by atoms with Crippen LogP contribution in [0.4, 0.5) is 0 Å². The molecule has 0 spiro atoms. The number of hydrogen-bond acceptors (Lipinski definition) is 6. The van der Waals surface area contributed by atoms with Gasteiger partial charge in [-0.15, -0.1) is 11.3 Å². The summed E-state index contributed by atoms with van der Waals surface area (Å²) in [4.78, 5) is 17.7. The number of rotatable bonds is 5. The largest absolute Gasteiger partial charge is 0.283 e. The summed E-state index contributed by atoms with van der Waals surface area (Å²) >= 11 is 1.31. The highest BCUT2D eigenvalue weighted by molar-refractivity contribution is 7.90. The second kappa shape index (κ2) is 8.04. The third kappa shape index (κ3) is 4.52. The van der Waals surface area contributed by atoms with E-state index in [1.807, 2.05) is 30.3 Å². The highest BCUT2D eigenvalue weighted by Crippen LogP contribution is 2.27. The molecule has 1 N–H and O–H groups in total. The molecule has 0 aliphatic rings. The molecular weight excluding hydrogens is 394 g/mol. The highest BCUT2D eigenvalue weighted by atomic mass is 32.2. The molecule has 0 unspecified atom stereocenters. The molecule has 3 aromatic rings. The Balaban J connectivity index is 1.75. The van der Waals surface area contributed by atoms with Gasteiger partial charge in [0.2, 0.25) is 0 Å². The monoisotopic (exact) mass is 413 g/mol. The first-order valence-corrected chi connectivity index (χ1v) is 11.1. The molecule has 3 rings (SSSR count). The molecule has 0 saturated carbocycles. The van der Waals surface area contributed by atoms with E-state index in [1.165, 1.54) is 23.5 Å². The Bertz CT molecular complexity index is 1130. The first kappa shape index (κ1) is 19.9. The molecule has 8 heteroatoms. The molecule has 6 nitrogen and oxygen atoms in total. The highest BCUT2D eigenvalue weighted by Gasteiger charge is 2.16. The molecule has 0 saturated heterocycles. The van der Waals surface area contributed by atoms with Gasteiger partial charge in [0.25, 0.3) is 5.91 Å². The van der Waals surface area contributed by atoms with E-state index < -0.39 is 9.84 Å². The summed E-state index contributed by atoms with van der Waals surface area (Å²) in [5.41, 5.74) is 5.44. The van der Waals surface area contributed by atoms with Gasteiger partial charge in [0, 0.05) is 11.8 Å². The first-order chi connectivity index (χ1) is 13.3. The van der Waals surface area contributed by atoms with E-state index in [0.29, 0.717) is 16.3 Å². The smallest absolute Gasteiger partial charge is 0.266 e. The van der Waals surface area contributed by atoms with Gasteiger partial charge in [0.15, 0.2) is 9.84 Å². The lowest BCUT2D eigenvalue weighted by molar-refractivity contribution is 0.0958. The van der Waals surface area contributed by atoms with Crippen molar-refractivity contribution >= 4 is 32.8 Å². The fourth-order valence-corrected chi connectivity index (χ4v) is 4.10. The fourth-order valence-electron chi connectivity index (χ4n) is 2.50. The van der Waals surface area contributed by atoms with E-state index in [1.54, 1.807) is 26.0 Å². The summed E-state index contributed by atoms with van der Waals surface area (Å²) < 4.78 is 23.1. The predicted octanol–water partition coefficient (Wildman–Crippen LogP) is 3.68. The van der Waals surface area contributed by atoms with Crippen molar-refractivity contribution in [3.63, 3.8) is 0 Å². The Morgan fingerprint density at radius 3 is 2.32 bits per heavy atom. The zero-order valence-corrected chi connectivity index (χ0v) is 17.3. The fraction of sp³-hybridized carbons (Fsp3) is 0.150. The lowest BCUT2D eigenvalue weighted by Crippen LogP contribution is -2.19. The van der Waals surface area contributed by atoms with Crippen molar-refractivity contribution in [3.05, 3.63) is 70.7 Å². The van der Waals surface area contributed by atoms with Crippen LogP contribution in [0.2, 0.25) is 0 Å². The molecule has 1 aromatic heterocycles. The summed E-state index contributed by atoms with van der Waals surface area (Å²) in [7, 11) is -3.25. The molecule has 0 aliphatic carbocycles. The van der Waals surface area contributed by atoms with E-state index in [2.05, 4.69) is 15.5 Å². The summed E-state index contributed by atoms with van der Waals surface area (Å²) in [6.45, 7) is 3.53. The van der Waals surface area contributed by atoms with Crippen LogP contribution in [0.5, 0.6) is 0 Å². The number of nitrogens with one attached hydrogen (secondary N) is 1. The number of hydrazone groups is 1. The van der Waals surface area contributed by atoms with Gasteiger partial charge in [-0.05, 0) is 31.5 Å². The van der Waals surface area contributed by atoms with Crippen molar-refractivity contribution in [2.24, 2.45) is 5.10 Å². The number of nitrogens with zero attached hydrogens (tertiary/aromatic N) is 2. The van der Waals surface area contributed by atoms with Gasteiger partial charge in [-0.3, -0.25) is 4.79 Å². The molecule has 144 valence electrons. The SMILES string of the molecule is C/C(=N/NC(=O)c1sc(-c2ccccc2)nc1C)c1ccc(S(C)(=O)=O)cc1. The van der Waals surface area contributed by atoms with Gasteiger partial charge in [-0.1, -0.05) is 42.5 Å². The van der Waals surface area contributed by atoms with Crippen LogP contribution >= 0.6 is 11.3 Å². The van der Waals surface area contributed by atoms with Gasteiger partial charge in [-0.2, -0.15) is 5.10 Å². The molecule has 2 aromatic carbocycles. The van der Waals surface area contributed by atoms with Crippen molar-refractivity contribution in [1.29, 1.82) is 0 Å². The molecule has 1 amide bonds. The topological polar surface area (TPSA) is 88.5 Å². The second-order valence-electron chi connectivity index (χ2n) is 6.23. The minimum absolute atomic E-state index is 0.238. The van der Waals surface area contributed by atoms with Gasteiger partial charge < -0.3 is 0 Å². The van der Waals surface area contributed by atoms with Crippen molar-refractivity contribution in [2.45, 2.75) is 18.7 Å². The Kier molecular flexibility index (Phi) is 5.71. The van der Waals surface area contributed by atoms with E-state index in [-0.39, 0.29) is 10.8 Å². The van der Waals surface area contributed by atoms with Crippen molar-refractivity contribution in [1.82, 2.24) is 10.4 Å². The first-order valence-electron chi connectivity index (χ1n) is 8.43. The normalized spacial score (nSPS) is 12.0. The lowest BCUT2D eigenvalue weighted by Gasteiger charge is -2.04. The number of thiazole rings is 1. The Morgan fingerprint density at radius 2 is 1.71 bits per heavy atom. The predicted molar refractivity (Wildman–Crippen MR) is 112 cm³/mol. The van der Waals surface area contributed by atoms with Crippen LogP contribution in [0, 0.1) is 6.92 Å². The maximum absolute atomic E-state index is 12.5. The summed E-state index contributed by atoms with van der Waals surface area (Å²) in [6.07, 6.45) is 1.16. The number of carbonyl (C=O) groups excluding carboxylic acids is 1. The lowest BCUT2D eigenvalue weighted by atomic mass is 10.1. The van der Waals surface area contributed by atoms with Crippen LogP contribution < -0.4 is 5.43 Å². The van der Waals surface area contributed by atoms with Crippen LogP contribution in [-0.4, -0.2) is 31.3 Å². The Labute approximate surface area is 167 Å². The average molecular weight is 414 g/mol. The average Bonchev–Trinajstić information content (AvgIpc) is 3.08. The van der Waals surface area contributed by atoms with Crippen LogP contribution in [0.15, 0.2) is 64.6 Å². The number of hydrogen-bond donors (Lipinski definition) is 1. The number of aromatic nitrogens is 1. The van der Waals surface area contributed by atoms with Crippen LogP contribution in [0.25, 0.3) is 10.6 Å². The number of sulfone groups is 1. The van der Waals surface area contributed by atoms with E-state index in [4.69, 9.17) is 0 Å². The third-order valence-electron chi connectivity index (χ3n) is 4.05. The van der Waals surface area contributed by atoms with E-state index >= 15 is 0 Å². The molecular formula is C20H19N3O3S2. The number of aryl methyl sites for hydroxylation is 1. The Morgan fingerprint density at radius 1 is 1.07 bits per heavy atom. The van der Waals surface area contributed by atoms with Gasteiger partial charge in [0.05, 0.1) is 16.3 Å². The zero-order valence-electron chi connectivity index (χ0n) is 15.6. The molecule has 1 heterocycles. The number of carbonyl (C=O) groups is 1. The minimum Gasteiger partial charge on any atom is -0.266 e. The molecule has 28 heavy (non-hydrogen) atoms. The number of benzene rings is 2. The minimum atomic E-state index is -3.25. The standard InChI is InChI=1S/C20H19N3O3S2/c1-13(15-9-11-17(12-10-15)28(3,25)26)22-23-19(24)18-14(2)21-20(27-18)16-7-5-4-6-8-16/h4-12H,1-3H3,(H,23,24)/b22-13-. The van der Waals surface area contributed by atoms with Crippen molar-refractivity contribution in [2.75, 3.05) is 6.26 Å².